The summed E-state index contributed by atoms with van der Waals surface area (Å²) in [6, 6.07) is 6.28. The summed E-state index contributed by atoms with van der Waals surface area (Å²) >= 11 is 1.22. The molecule has 2 N–H and O–H groups in total. The lowest BCUT2D eigenvalue weighted by atomic mass is 10.1. The third-order valence-corrected chi connectivity index (χ3v) is 3.10. The van der Waals surface area contributed by atoms with E-state index in [1.165, 1.54) is 24.5 Å². The van der Waals surface area contributed by atoms with Crippen molar-refractivity contribution in [1.82, 2.24) is 4.98 Å². The molecule has 0 aliphatic rings. The molecule has 0 spiro atoms. The molecule has 2 amide bonds. The average molecular weight is 289 g/mol. The molecule has 0 radical (unpaired) electrons. The van der Waals surface area contributed by atoms with Crippen LogP contribution in [0.5, 0.6) is 0 Å². The van der Waals surface area contributed by atoms with E-state index in [9.17, 15) is 14.4 Å². The monoisotopic (exact) mass is 289 g/mol. The van der Waals surface area contributed by atoms with Gasteiger partial charge in [-0.25, -0.2) is 4.98 Å². The Hall–Kier alpha value is -2.54. The number of hydrogen-bond acceptors (Lipinski definition) is 5. The number of aromatic nitrogens is 1. The highest BCUT2D eigenvalue weighted by Crippen LogP contribution is 2.12. The number of carbonyl (C=O) groups excluding carboxylic acids is 3. The third kappa shape index (κ3) is 3.48. The lowest BCUT2D eigenvalue weighted by molar-refractivity contribution is -0.132. The molecular weight excluding hydrogens is 278 g/mol. The molecule has 0 atom stereocenters. The van der Waals surface area contributed by atoms with Crippen LogP contribution < -0.4 is 10.6 Å². The smallest absolute Gasteiger partial charge is 0.315 e. The van der Waals surface area contributed by atoms with E-state index in [4.69, 9.17) is 0 Å². The molecule has 0 saturated heterocycles. The predicted octanol–water partition coefficient (Wildman–Crippen LogP) is 1.92. The first-order valence-corrected chi connectivity index (χ1v) is 6.57. The number of amides is 2. The van der Waals surface area contributed by atoms with E-state index in [1.54, 1.807) is 29.6 Å². The predicted molar refractivity (Wildman–Crippen MR) is 75.8 cm³/mol. The Balaban J connectivity index is 1.97. The fourth-order valence-electron chi connectivity index (χ4n) is 1.42. The highest BCUT2D eigenvalue weighted by atomic mass is 32.1. The molecule has 0 fully saturated rings. The van der Waals surface area contributed by atoms with E-state index in [-0.39, 0.29) is 5.78 Å². The van der Waals surface area contributed by atoms with Gasteiger partial charge in [-0.2, -0.15) is 0 Å². The highest BCUT2D eigenvalue weighted by Gasteiger charge is 2.15. The second kappa shape index (κ2) is 6.07. The zero-order valence-electron chi connectivity index (χ0n) is 10.5. The summed E-state index contributed by atoms with van der Waals surface area (Å²) in [5, 5.41) is 6.86. The lowest BCUT2D eigenvalue weighted by Gasteiger charge is -2.05. The van der Waals surface area contributed by atoms with Crippen molar-refractivity contribution < 1.29 is 14.4 Å². The van der Waals surface area contributed by atoms with Crippen LogP contribution in [0.2, 0.25) is 0 Å². The first-order valence-electron chi connectivity index (χ1n) is 5.69. The Labute approximate surface area is 118 Å². The maximum atomic E-state index is 11.6. The van der Waals surface area contributed by atoms with Crippen molar-refractivity contribution in [3.05, 3.63) is 41.4 Å². The molecule has 6 nitrogen and oxygen atoms in total. The maximum Gasteiger partial charge on any atom is 0.315 e. The van der Waals surface area contributed by atoms with Crippen molar-refractivity contribution in [2.24, 2.45) is 0 Å². The highest BCUT2D eigenvalue weighted by molar-refractivity contribution is 7.13. The van der Waals surface area contributed by atoms with Gasteiger partial charge in [-0.15, -0.1) is 11.3 Å². The molecule has 0 saturated carbocycles. The van der Waals surface area contributed by atoms with Gasteiger partial charge in [0.15, 0.2) is 10.9 Å². The first-order chi connectivity index (χ1) is 9.56. The number of carbonyl (C=O) groups is 3. The van der Waals surface area contributed by atoms with Crippen LogP contribution in [0.25, 0.3) is 0 Å². The summed E-state index contributed by atoms with van der Waals surface area (Å²) in [4.78, 5) is 38.2. The maximum absolute atomic E-state index is 11.6. The molecule has 0 aliphatic heterocycles. The molecule has 1 aromatic carbocycles. The Morgan fingerprint density at radius 3 is 2.25 bits per heavy atom. The number of thiazole rings is 1. The number of anilines is 2. The minimum atomic E-state index is -0.796. The molecule has 0 bridgehead atoms. The van der Waals surface area contributed by atoms with Crippen LogP contribution in [0.4, 0.5) is 10.8 Å². The second-order valence-corrected chi connectivity index (χ2v) is 4.77. The van der Waals surface area contributed by atoms with Crippen LogP contribution in [0.1, 0.15) is 17.3 Å². The number of ketones is 1. The molecule has 0 aliphatic carbocycles. The van der Waals surface area contributed by atoms with Gasteiger partial charge in [-0.3, -0.25) is 19.7 Å². The summed E-state index contributed by atoms with van der Waals surface area (Å²) in [7, 11) is 0. The van der Waals surface area contributed by atoms with Gasteiger partial charge >= 0.3 is 11.8 Å². The summed E-state index contributed by atoms with van der Waals surface area (Å²) in [5.74, 6) is -1.66. The van der Waals surface area contributed by atoms with Crippen molar-refractivity contribution in [3.63, 3.8) is 0 Å². The molecule has 2 aromatic rings. The fraction of sp³-hybridized carbons (Fsp3) is 0.0769. The number of nitrogens with zero attached hydrogens (tertiary/aromatic N) is 1. The molecule has 1 aromatic heterocycles. The largest absolute Gasteiger partial charge is 0.318 e. The van der Waals surface area contributed by atoms with Gasteiger partial charge in [0.1, 0.15) is 0 Å². The van der Waals surface area contributed by atoms with E-state index in [1.807, 2.05) is 0 Å². The van der Waals surface area contributed by atoms with Crippen LogP contribution in [-0.4, -0.2) is 22.6 Å². The molecule has 0 unspecified atom stereocenters. The van der Waals surface area contributed by atoms with Gasteiger partial charge in [0.05, 0.1) is 0 Å². The number of hydrogen-bond donors (Lipinski definition) is 2. The summed E-state index contributed by atoms with van der Waals surface area (Å²) in [6.07, 6.45) is 1.53. The topological polar surface area (TPSA) is 88.2 Å². The number of nitrogens with one attached hydrogen (secondary N) is 2. The van der Waals surface area contributed by atoms with Crippen LogP contribution >= 0.6 is 11.3 Å². The third-order valence-electron chi connectivity index (χ3n) is 2.41. The standard InChI is InChI=1S/C13H11N3O3S/c1-8(17)9-2-4-10(5-3-9)15-11(18)12(19)16-13-14-6-7-20-13/h2-7H,1H3,(H,15,18)(H,14,16,19). The Bertz CT molecular complexity index is 635. The molecular formula is C13H11N3O3S. The number of rotatable bonds is 3. The number of Topliss-reactive ketones (excluding diaryl/α,β-unsaturated/α-hetero) is 1. The van der Waals surface area contributed by atoms with Crippen molar-refractivity contribution in [2.45, 2.75) is 6.92 Å². The van der Waals surface area contributed by atoms with Crippen molar-refractivity contribution in [3.8, 4) is 0 Å². The molecule has 1 heterocycles. The fourth-order valence-corrected chi connectivity index (χ4v) is 1.94. The zero-order valence-corrected chi connectivity index (χ0v) is 11.4. The van der Waals surface area contributed by atoms with Gasteiger partial charge in [0, 0.05) is 22.8 Å². The summed E-state index contributed by atoms with van der Waals surface area (Å²) in [6.45, 7) is 1.45. The number of benzene rings is 1. The normalized spacial score (nSPS) is 9.85. The van der Waals surface area contributed by atoms with Gasteiger partial charge in [0.25, 0.3) is 0 Å². The van der Waals surface area contributed by atoms with E-state index >= 15 is 0 Å². The van der Waals surface area contributed by atoms with Gasteiger partial charge in [0.2, 0.25) is 0 Å². The molecule has 102 valence electrons. The minimum absolute atomic E-state index is 0.0654. The van der Waals surface area contributed by atoms with E-state index in [2.05, 4.69) is 15.6 Å². The Kier molecular flexibility index (Phi) is 4.21. The molecule has 20 heavy (non-hydrogen) atoms. The Morgan fingerprint density at radius 2 is 1.70 bits per heavy atom. The van der Waals surface area contributed by atoms with Crippen molar-refractivity contribution in [2.75, 3.05) is 10.6 Å². The average Bonchev–Trinajstić information content (AvgIpc) is 2.92. The van der Waals surface area contributed by atoms with Crippen molar-refractivity contribution >= 4 is 39.8 Å². The lowest BCUT2D eigenvalue weighted by Crippen LogP contribution is -2.29. The van der Waals surface area contributed by atoms with Crippen molar-refractivity contribution in [1.29, 1.82) is 0 Å². The summed E-state index contributed by atoms with van der Waals surface area (Å²) in [5.41, 5.74) is 0.976. The van der Waals surface area contributed by atoms with Crippen LogP contribution in [0.15, 0.2) is 35.8 Å². The van der Waals surface area contributed by atoms with Gasteiger partial charge in [-0.05, 0) is 31.2 Å². The van der Waals surface area contributed by atoms with Gasteiger partial charge < -0.3 is 5.32 Å². The van der Waals surface area contributed by atoms with E-state index < -0.39 is 11.8 Å². The van der Waals surface area contributed by atoms with Gasteiger partial charge in [-0.1, -0.05) is 0 Å². The van der Waals surface area contributed by atoms with Crippen LogP contribution in [0, 0.1) is 0 Å². The first kappa shape index (κ1) is 13.9. The molecule has 7 heteroatoms. The summed E-state index contributed by atoms with van der Waals surface area (Å²) < 4.78 is 0. The second-order valence-electron chi connectivity index (χ2n) is 3.88. The van der Waals surface area contributed by atoms with Crippen LogP contribution in [-0.2, 0) is 9.59 Å². The quantitative estimate of drug-likeness (QED) is 0.667. The van der Waals surface area contributed by atoms with Crippen LogP contribution in [0.3, 0.4) is 0 Å². The minimum Gasteiger partial charge on any atom is -0.318 e. The zero-order chi connectivity index (χ0) is 14.5. The Morgan fingerprint density at radius 1 is 1.05 bits per heavy atom. The SMILES string of the molecule is CC(=O)c1ccc(NC(=O)C(=O)Nc2nccs2)cc1. The molecule has 2 rings (SSSR count). The van der Waals surface area contributed by atoms with E-state index in [0.717, 1.165) is 0 Å². The van der Waals surface area contributed by atoms with E-state index in [0.29, 0.717) is 16.4 Å².